The molecule has 0 N–H and O–H groups in total. The first kappa shape index (κ1) is 13.5. The summed E-state index contributed by atoms with van der Waals surface area (Å²) >= 11 is 0. The van der Waals surface area contributed by atoms with Gasteiger partial charge in [-0.2, -0.15) is 10.5 Å². The Morgan fingerprint density at radius 2 is 1.83 bits per heavy atom. The minimum absolute atomic E-state index is 0.402. The van der Waals surface area contributed by atoms with E-state index >= 15 is 0 Å². The number of hydrazone groups is 1. The summed E-state index contributed by atoms with van der Waals surface area (Å²) in [5, 5.41) is 20.7. The lowest BCUT2D eigenvalue weighted by molar-refractivity contribution is 0.167. The van der Waals surface area contributed by atoms with Crippen LogP contribution in [0.25, 0.3) is 0 Å². The number of anilines is 1. The molecular weight excluding hydrogens is 249 g/mol. The van der Waals surface area contributed by atoms with Gasteiger partial charge in [0.2, 0.25) is 5.71 Å². The number of nitrogens with zero attached hydrogens (tertiary/aromatic N) is 4. The van der Waals surface area contributed by atoms with Gasteiger partial charge in [-0.15, -0.1) is 10.3 Å². The van der Waals surface area contributed by atoms with Crippen molar-refractivity contribution in [2.24, 2.45) is 5.10 Å². The van der Waals surface area contributed by atoms with E-state index in [9.17, 15) is 13.2 Å². The van der Waals surface area contributed by atoms with E-state index in [1.807, 2.05) is 0 Å². The first-order chi connectivity index (χ1) is 8.54. The third-order valence-corrected chi connectivity index (χ3v) is 1.80. The molecule has 0 atom stereocenters. The van der Waals surface area contributed by atoms with E-state index in [2.05, 4.69) is 9.94 Å². The first-order valence-corrected chi connectivity index (χ1v) is 4.41. The van der Waals surface area contributed by atoms with Gasteiger partial charge in [0.25, 0.3) is 0 Å². The number of benzene rings is 1. The standard InChI is InChI=1S/C10H5F3N4O/c1-18-17(16-6(4-14)5-15)8-3-2-7(11)9(12)10(8)13/h2-3H,1H3. The fourth-order valence-corrected chi connectivity index (χ4v) is 1.02. The van der Waals surface area contributed by atoms with E-state index in [-0.39, 0.29) is 0 Å². The van der Waals surface area contributed by atoms with Gasteiger partial charge in [-0.05, 0) is 12.1 Å². The molecule has 1 rings (SSSR count). The van der Waals surface area contributed by atoms with Crippen LogP contribution in [0.3, 0.4) is 0 Å². The predicted octanol–water partition coefficient (Wildman–Crippen LogP) is 1.87. The molecule has 0 aliphatic heterocycles. The summed E-state index contributed by atoms with van der Waals surface area (Å²) in [6.45, 7) is 0. The van der Waals surface area contributed by atoms with Gasteiger partial charge in [0, 0.05) is 0 Å². The Morgan fingerprint density at radius 1 is 1.22 bits per heavy atom. The van der Waals surface area contributed by atoms with Gasteiger partial charge in [0.1, 0.15) is 17.8 Å². The Kier molecular flexibility index (Phi) is 4.24. The molecule has 18 heavy (non-hydrogen) atoms. The van der Waals surface area contributed by atoms with Crippen LogP contribution < -0.4 is 5.17 Å². The molecular formula is C10H5F3N4O. The Hall–Kier alpha value is -2.58. The second-order valence-corrected chi connectivity index (χ2v) is 2.82. The molecule has 8 heteroatoms. The second-order valence-electron chi connectivity index (χ2n) is 2.82. The lowest BCUT2D eigenvalue weighted by atomic mass is 10.3. The van der Waals surface area contributed by atoms with E-state index in [0.717, 1.165) is 13.2 Å². The summed E-state index contributed by atoms with van der Waals surface area (Å²) < 4.78 is 39.1. The molecule has 1 aromatic carbocycles. The highest BCUT2D eigenvalue weighted by atomic mass is 19.2. The molecule has 0 saturated carbocycles. The number of hydrogen-bond acceptors (Lipinski definition) is 5. The van der Waals surface area contributed by atoms with Crippen molar-refractivity contribution in [2.45, 2.75) is 0 Å². The lowest BCUT2D eigenvalue weighted by Crippen LogP contribution is -2.18. The van der Waals surface area contributed by atoms with Crippen LogP contribution in [-0.2, 0) is 4.84 Å². The Morgan fingerprint density at radius 3 is 2.33 bits per heavy atom. The lowest BCUT2D eigenvalue weighted by Gasteiger charge is -2.16. The maximum atomic E-state index is 13.4. The van der Waals surface area contributed by atoms with Crippen molar-refractivity contribution in [2.75, 3.05) is 12.3 Å². The molecule has 5 nitrogen and oxygen atoms in total. The summed E-state index contributed by atoms with van der Waals surface area (Å²) in [6.07, 6.45) is 0. The SMILES string of the molecule is CON(N=C(C#N)C#N)c1ccc(F)c(F)c1F. The molecule has 1 aromatic rings. The smallest absolute Gasteiger partial charge is 0.239 e. The van der Waals surface area contributed by atoms with Crippen molar-refractivity contribution in [1.29, 1.82) is 10.5 Å². The van der Waals surface area contributed by atoms with Gasteiger partial charge < -0.3 is 0 Å². The number of rotatable bonds is 3. The van der Waals surface area contributed by atoms with Crippen LogP contribution in [0.1, 0.15) is 0 Å². The molecule has 92 valence electrons. The fourth-order valence-electron chi connectivity index (χ4n) is 1.02. The molecule has 0 radical (unpaired) electrons. The zero-order chi connectivity index (χ0) is 13.7. The van der Waals surface area contributed by atoms with Crippen LogP contribution in [0, 0.1) is 40.1 Å². The van der Waals surface area contributed by atoms with E-state index < -0.39 is 28.9 Å². The van der Waals surface area contributed by atoms with Crippen LogP contribution in [0.2, 0.25) is 0 Å². The van der Waals surface area contributed by atoms with Gasteiger partial charge in [-0.25, -0.2) is 13.2 Å². The fraction of sp³-hybridized carbons (Fsp3) is 0.100. The summed E-state index contributed by atoms with van der Waals surface area (Å²) in [5.74, 6) is -4.63. The molecule has 0 heterocycles. The molecule has 0 aromatic heterocycles. The van der Waals surface area contributed by atoms with Crippen molar-refractivity contribution in [3.63, 3.8) is 0 Å². The van der Waals surface area contributed by atoms with Crippen LogP contribution in [-0.4, -0.2) is 12.8 Å². The predicted molar refractivity (Wildman–Crippen MR) is 54.5 cm³/mol. The van der Waals surface area contributed by atoms with Gasteiger partial charge in [-0.3, -0.25) is 4.84 Å². The summed E-state index contributed by atoms with van der Waals surface area (Å²) in [6, 6.07) is 4.33. The Bertz CT molecular complexity index is 558. The third-order valence-electron chi connectivity index (χ3n) is 1.80. The summed E-state index contributed by atoms with van der Waals surface area (Å²) in [7, 11) is 1.05. The normalized spacial score (nSPS) is 9.22. The third kappa shape index (κ3) is 2.56. The molecule has 0 amide bonds. The van der Waals surface area contributed by atoms with Gasteiger partial charge in [0.05, 0.1) is 7.11 Å². The average Bonchev–Trinajstić information content (AvgIpc) is 2.39. The molecule has 0 aliphatic carbocycles. The molecule has 0 aliphatic rings. The summed E-state index contributed by atoms with van der Waals surface area (Å²) in [5.41, 5.74) is -1.21. The van der Waals surface area contributed by atoms with Gasteiger partial charge in [-0.1, -0.05) is 0 Å². The highest BCUT2D eigenvalue weighted by Crippen LogP contribution is 2.23. The number of halogens is 3. The topological polar surface area (TPSA) is 72.4 Å². The number of hydrogen-bond donors (Lipinski definition) is 0. The highest BCUT2D eigenvalue weighted by Gasteiger charge is 2.19. The number of nitriles is 2. The average molecular weight is 254 g/mol. The minimum Gasteiger partial charge on any atom is -0.255 e. The second kappa shape index (κ2) is 5.66. The van der Waals surface area contributed by atoms with Crippen molar-refractivity contribution < 1.29 is 18.0 Å². The zero-order valence-corrected chi connectivity index (χ0v) is 8.99. The molecule has 0 fully saturated rings. The largest absolute Gasteiger partial charge is 0.255 e. The van der Waals surface area contributed by atoms with Crippen molar-refractivity contribution in [3.8, 4) is 12.1 Å². The van der Waals surface area contributed by atoms with E-state index in [1.54, 1.807) is 0 Å². The first-order valence-electron chi connectivity index (χ1n) is 4.41. The maximum absolute atomic E-state index is 13.4. The van der Waals surface area contributed by atoms with Crippen LogP contribution in [0.15, 0.2) is 17.2 Å². The van der Waals surface area contributed by atoms with Crippen molar-refractivity contribution >= 4 is 11.4 Å². The van der Waals surface area contributed by atoms with E-state index in [0.29, 0.717) is 11.2 Å². The van der Waals surface area contributed by atoms with Gasteiger partial charge >= 0.3 is 0 Å². The van der Waals surface area contributed by atoms with Crippen LogP contribution in [0.5, 0.6) is 0 Å². The maximum Gasteiger partial charge on any atom is 0.239 e. The van der Waals surface area contributed by atoms with Crippen molar-refractivity contribution in [3.05, 3.63) is 29.6 Å². The zero-order valence-electron chi connectivity index (χ0n) is 8.99. The quantitative estimate of drug-likeness (QED) is 0.469. The van der Waals surface area contributed by atoms with Crippen molar-refractivity contribution in [1.82, 2.24) is 0 Å². The molecule has 0 spiro atoms. The Balaban J connectivity index is 3.28. The molecule has 0 bridgehead atoms. The minimum atomic E-state index is -1.71. The molecule has 0 unspecified atom stereocenters. The highest BCUT2D eigenvalue weighted by molar-refractivity contribution is 6.10. The molecule has 0 saturated heterocycles. The van der Waals surface area contributed by atoms with Crippen LogP contribution in [0.4, 0.5) is 18.9 Å². The van der Waals surface area contributed by atoms with Gasteiger partial charge in [0.15, 0.2) is 17.5 Å². The monoisotopic (exact) mass is 254 g/mol. The summed E-state index contributed by atoms with van der Waals surface area (Å²) in [4.78, 5) is 4.56. The van der Waals surface area contributed by atoms with Crippen LogP contribution >= 0.6 is 0 Å². The van der Waals surface area contributed by atoms with E-state index in [1.165, 1.54) is 12.1 Å². The van der Waals surface area contributed by atoms with E-state index in [4.69, 9.17) is 10.5 Å². The Labute approximate surface area is 99.9 Å².